The van der Waals surface area contributed by atoms with Crippen LogP contribution < -0.4 is 5.73 Å². The highest BCUT2D eigenvalue weighted by Crippen LogP contribution is 2.66. The van der Waals surface area contributed by atoms with Gasteiger partial charge in [-0.05, 0) is 98.2 Å². The maximum atomic E-state index is 5.66. The van der Waals surface area contributed by atoms with Crippen molar-refractivity contribution < 1.29 is 0 Å². The van der Waals surface area contributed by atoms with E-state index in [0.29, 0.717) is 10.8 Å². The summed E-state index contributed by atoms with van der Waals surface area (Å²) < 4.78 is 0. The van der Waals surface area contributed by atoms with E-state index in [1.165, 1.54) is 57.8 Å². The normalized spacial score (nSPS) is 35.9. The highest BCUT2D eigenvalue weighted by molar-refractivity contribution is 8.76. The van der Waals surface area contributed by atoms with Crippen molar-refractivity contribution in [2.24, 2.45) is 52.1 Å². The van der Waals surface area contributed by atoms with E-state index in [4.69, 9.17) is 5.73 Å². The van der Waals surface area contributed by atoms with Crippen LogP contribution in [0.3, 0.4) is 0 Å². The third-order valence-corrected chi connectivity index (χ3v) is 13.1. The first-order valence-corrected chi connectivity index (χ1v) is 17.0. The SMILES string of the molecule is CC1=CCC2C(CCC3(C)C(C(C)C)CCC23)C1(C)CCC(C)SSCCN.CCCC(C)C. The summed E-state index contributed by atoms with van der Waals surface area (Å²) in [5.74, 6) is 6.59. The number of allylic oxidation sites excluding steroid dienone is 2. The molecule has 2 N–H and O–H groups in total. The molecule has 0 saturated heterocycles. The quantitative estimate of drug-likeness (QED) is 0.180. The van der Waals surface area contributed by atoms with E-state index in [0.717, 1.165) is 53.1 Å². The summed E-state index contributed by atoms with van der Waals surface area (Å²) in [5.41, 5.74) is 8.39. The van der Waals surface area contributed by atoms with Gasteiger partial charge in [0.1, 0.15) is 0 Å². The fourth-order valence-electron chi connectivity index (χ4n) is 8.10. The molecule has 0 bridgehead atoms. The average molecular weight is 510 g/mol. The van der Waals surface area contributed by atoms with Crippen molar-refractivity contribution in [3.05, 3.63) is 11.6 Å². The average Bonchev–Trinajstić information content (AvgIpc) is 3.13. The monoisotopic (exact) mass is 509 g/mol. The number of rotatable bonds is 10. The summed E-state index contributed by atoms with van der Waals surface area (Å²) in [7, 11) is 4.02. The number of fused-ring (bicyclic) bond motifs is 3. The van der Waals surface area contributed by atoms with Gasteiger partial charge in [-0.25, -0.2) is 0 Å². The zero-order chi connectivity index (χ0) is 25.5. The van der Waals surface area contributed by atoms with Crippen LogP contribution in [0, 0.1) is 46.3 Å². The zero-order valence-electron chi connectivity index (χ0n) is 24.3. The van der Waals surface area contributed by atoms with Crippen LogP contribution in [0.5, 0.6) is 0 Å². The Kier molecular flexibility index (Phi) is 12.4. The summed E-state index contributed by atoms with van der Waals surface area (Å²) in [6.45, 7) is 22.6. The molecule has 2 fully saturated rings. The van der Waals surface area contributed by atoms with Crippen molar-refractivity contribution >= 4 is 21.6 Å². The molecule has 2 saturated carbocycles. The Hall–Kier alpha value is 0.400. The van der Waals surface area contributed by atoms with Gasteiger partial charge in [0.15, 0.2) is 0 Å². The van der Waals surface area contributed by atoms with Gasteiger partial charge in [-0.2, -0.15) is 0 Å². The predicted octanol–water partition coefficient (Wildman–Crippen LogP) is 10.0. The minimum Gasteiger partial charge on any atom is -0.330 e. The molecule has 7 atom stereocenters. The third kappa shape index (κ3) is 7.25. The van der Waals surface area contributed by atoms with E-state index in [9.17, 15) is 0 Å². The van der Waals surface area contributed by atoms with Gasteiger partial charge >= 0.3 is 0 Å². The fourth-order valence-corrected chi connectivity index (χ4v) is 10.3. The lowest BCUT2D eigenvalue weighted by molar-refractivity contribution is -0.0439. The molecule has 3 heteroatoms. The second kappa shape index (κ2) is 13.8. The predicted molar refractivity (Wildman–Crippen MR) is 159 cm³/mol. The lowest BCUT2D eigenvalue weighted by Crippen LogP contribution is -2.49. The smallest absolute Gasteiger partial charge is 0.0160 e. The van der Waals surface area contributed by atoms with Gasteiger partial charge in [0, 0.05) is 17.5 Å². The van der Waals surface area contributed by atoms with E-state index < -0.39 is 0 Å². The summed E-state index contributed by atoms with van der Waals surface area (Å²) in [6, 6.07) is 0. The molecule has 34 heavy (non-hydrogen) atoms. The highest BCUT2D eigenvalue weighted by atomic mass is 33.1. The van der Waals surface area contributed by atoms with E-state index in [2.05, 4.69) is 79.2 Å². The minimum absolute atomic E-state index is 0.424. The molecule has 3 aliphatic rings. The molecule has 3 rings (SSSR count). The van der Waals surface area contributed by atoms with Crippen molar-refractivity contribution in [3.8, 4) is 0 Å². The van der Waals surface area contributed by atoms with E-state index in [-0.39, 0.29) is 0 Å². The van der Waals surface area contributed by atoms with Crippen molar-refractivity contribution in [2.75, 3.05) is 12.3 Å². The second-order valence-corrected chi connectivity index (χ2v) is 16.1. The van der Waals surface area contributed by atoms with Gasteiger partial charge in [0.05, 0.1) is 0 Å². The lowest BCUT2D eigenvalue weighted by Gasteiger charge is -2.57. The van der Waals surface area contributed by atoms with E-state index >= 15 is 0 Å². The molecule has 0 radical (unpaired) electrons. The van der Waals surface area contributed by atoms with Crippen molar-refractivity contribution in [1.29, 1.82) is 0 Å². The van der Waals surface area contributed by atoms with Crippen LogP contribution in [0.2, 0.25) is 0 Å². The summed E-state index contributed by atoms with van der Waals surface area (Å²) in [6.07, 6.45) is 15.3. The molecule has 200 valence electrons. The molecule has 0 heterocycles. The van der Waals surface area contributed by atoms with E-state index in [1.54, 1.807) is 5.57 Å². The first kappa shape index (κ1) is 30.6. The van der Waals surface area contributed by atoms with Crippen LogP contribution >= 0.6 is 21.6 Å². The zero-order valence-corrected chi connectivity index (χ0v) is 25.9. The Morgan fingerprint density at radius 1 is 1.03 bits per heavy atom. The maximum absolute atomic E-state index is 5.66. The Bertz CT molecular complexity index is 629. The van der Waals surface area contributed by atoms with Crippen LogP contribution in [0.25, 0.3) is 0 Å². The molecule has 7 unspecified atom stereocenters. The first-order chi connectivity index (χ1) is 16.0. The van der Waals surface area contributed by atoms with Crippen molar-refractivity contribution in [2.45, 2.75) is 125 Å². The van der Waals surface area contributed by atoms with Crippen LogP contribution in [0.15, 0.2) is 11.6 Å². The van der Waals surface area contributed by atoms with Gasteiger partial charge in [-0.15, -0.1) is 0 Å². The topological polar surface area (TPSA) is 26.0 Å². The minimum atomic E-state index is 0.424. The van der Waals surface area contributed by atoms with Gasteiger partial charge in [0.2, 0.25) is 0 Å². The van der Waals surface area contributed by atoms with Crippen LogP contribution in [-0.4, -0.2) is 17.5 Å². The molecule has 0 aromatic rings. The van der Waals surface area contributed by atoms with Gasteiger partial charge in [-0.3, -0.25) is 0 Å². The van der Waals surface area contributed by atoms with Crippen molar-refractivity contribution in [3.63, 3.8) is 0 Å². The fraction of sp³-hybridized carbons (Fsp3) is 0.935. The molecule has 0 aliphatic heterocycles. The Labute approximate surface area is 222 Å². The second-order valence-electron chi connectivity index (χ2n) is 13.1. The first-order valence-electron chi connectivity index (χ1n) is 14.7. The number of nitrogens with two attached hydrogens (primary N) is 1. The summed E-state index contributed by atoms with van der Waals surface area (Å²) in [5, 5.41) is 0.729. The summed E-state index contributed by atoms with van der Waals surface area (Å²) >= 11 is 0. The Balaban J connectivity index is 0.000000604. The van der Waals surface area contributed by atoms with Crippen LogP contribution in [-0.2, 0) is 0 Å². The number of hydrogen-bond donors (Lipinski definition) is 1. The molecule has 0 aromatic heterocycles. The third-order valence-electron chi connectivity index (χ3n) is 10.1. The van der Waals surface area contributed by atoms with E-state index in [1.807, 2.05) is 10.8 Å². The van der Waals surface area contributed by atoms with Crippen LogP contribution in [0.1, 0.15) is 120 Å². The Morgan fingerprint density at radius 2 is 1.74 bits per heavy atom. The molecular formula is C31H59NS2. The van der Waals surface area contributed by atoms with Gasteiger partial charge < -0.3 is 5.73 Å². The molecular weight excluding hydrogens is 450 g/mol. The molecule has 3 aliphatic carbocycles. The highest BCUT2D eigenvalue weighted by Gasteiger charge is 2.57. The Morgan fingerprint density at radius 3 is 2.29 bits per heavy atom. The maximum Gasteiger partial charge on any atom is 0.0160 e. The van der Waals surface area contributed by atoms with Gasteiger partial charge in [-0.1, -0.05) is 101 Å². The van der Waals surface area contributed by atoms with Crippen molar-refractivity contribution in [1.82, 2.24) is 0 Å². The van der Waals surface area contributed by atoms with Crippen LogP contribution in [0.4, 0.5) is 0 Å². The lowest BCUT2D eigenvalue weighted by atomic mass is 9.48. The largest absolute Gasteiger partial charge is 0.330 e. The molecule has 0 aromatic carbocycles. The van der Waals surface area contributed by atoms with Gasteiger partial charge in [0.25, 0.3) is 0 Å². The molecule has 0 amide bonds. The molecule has 1 nitrogen and oxygen atoms in total. The number of hydrogen-bond acceptors (Lipinski definition) is 3. The molecule has 0 spiro atoms. The standard InChI is InChI=1S/C25H45NS2.C6H14/c1-17(2)21-9-10-22-20-8-7-18(3)24(5,23(20)12-14-25(21,22)6)13-11-19(4)28-27-16-15-26;1-4-5-6(2)3/h7,17,19-23H,8-16,26H2,1-6H3;6H,4-5H2,1-3H3. The summed E-state index contributed by atoms with van der Waals surface area (Å²) in [4.78, 5) is 0.